The van der Waals surface area contributed by atoms with Gasteiger partial charge in [-0.1, -0.05) is 12.8 Å². The number of halogens is 1. The van der Waals surface area contributed by atoms with Gasteiger partial charge in [0.25, 0.3) is 5.56 Å². The highest BCUT2D eigenvalue weighted by Crippen LogP contribution is 2.31. The Balaban J connectivity index is 2.18. The fourth-order valence-electron chi connectivity index (χ4n) is 2.52. The SMILES string of the molecule is O=c1[nH]c(C2CCCC2)nc2cc(F)ccc12. The smallest absolute Gasteiger partial charge is 0.258 e. The van der Waals surface area contributed by atoms with Crippen LogP contribution in [0.3, 0.4) is 0 Å². The maximum absolute atomic E-state index is 13.1. The van der Waals surface area contributed by atoms with Gasteiger partial charge in [0.15, 0.2) is 0 Å². The van der Waals surface area contributed by atoms with Crippen molar-refractivity contribution in [3.05, 3.63) is 40.2 Å². The predicted octanol–water partition coefficient (Wildman–Crippen LogP) is 2.72. The number of benzene rings is 1. The molecule has 1 heterocycles. The number of fused-ring (bicyclic) bond motifs is 1. The first-order valence-corrected chi connectivity index (χ1v) is 5.93. The Morgan fingerprint density at radius 2 is 2.06 bits per heavy atom. The molecule has 2 aromatic rings. The van der Waals surface area contributed by atoms with Crippen molar-refractivity contribution >= 4 is 10.9 Å². The fourth-order valence-corrected chi connectivity index (χ4v) is 2.52. The van der Waals surface area contributed by atoms with Crippen molar-refractivity contribution in [2.45, 2.75) is 31.6 Å². The number of hydrogen-bond donors (Lipinski definition) is 1. The first-order chi connectivity index (χ1) is 8.24. The molecule has 1 aliphatic carbocycles. The minimum Gasteiger partial charge on any atom is -0.310 e. The normalized spacial score (nSPS) is 16.8. The number of rotatable bonds is 1. The molecule has 0 spiro atoms. The van der Waals surface area contributed by atoms with Crippen LogP contribution in [-0.4, -0.2) is 9.97 Å². The Bertz CT molecular complexity index is 614. The highest BCUT2D eigenvalue weighted by molar-refractivity contribution is 5.77. The molecular weight excluding hydrogens is 219 g/mol. The van der Waals surface area contributed by atoms with Gasteiger partial charge >= 0.3 is 0 Å². The lowest BCUT2D eigenvalue weighted by Gasteiger charge is -2.08. The van der Waals surface area contributed by atoms with Gasteiger partial charge in [0.2, 0.25) is 0 Å². The van der Waals surface area contributed by atoms with E-state index >= 15 is 0 Å². The lowest BCUT2D eigenvalue weighted by Crippen LogP contribution is -2.13. The largest absolute Gasteiger partial charge is 0.310 e. The van der Waals surface area contributed by atoms with Gasteiger partial charge in [-0.25, -0.2) is 9.37 Å². The monoisotopic (exact) mass is 232 g/mol. The van der Waals surface area contributed by atoms with Crippen LogP contribution in [-0.2, 0) is 0 Å². The minimum absolute atomic E-state index is 0.170. The van der Waals surface area contributed by atoms with E-state index in [9.17, 15) is 9.18 Å². The Morgan fingerprint density at radius 1 is 1.29 bits per heavy atom. The van der Waals surface area contributed by atoms with Crippen molar-refractivity contribution in [2.24, 2.45) is 0 Å². The highest BCUT2D eigenvalue weighted by Gasteiger charge is 2.20. The van der Waals surface area contributed by atoms with Crippen molar-refractivity contribution in [3.8, 4) is 0 Å². The van der Waals surface area contributed by atoms with Crippen LogP contribution in [0.25, 0.3) is 10.9 Å². The number of aromatic nitrogens is 2. The molecule has 17 heavy (non-hydrogen) atoms. The van der Waals surface area contributed by atoms with E-state index in [0.717, 1.165) is 12.8 Å². The van der Waals surface area contributed by atoms with Crippen LogP contribution in [0.1, 0.15) is 37.4 Å². The molecule has 1 aromatic carbocycles. The zero-order chi connectivity index (χ0) is 11.8. The summed E-state index contributed by atoms with van der Waals surface area (Å²) in [6, 6.07) is 4.09. The van der Waals surface area contributed by atoms with Crippen LogP contribution in [0.15, 0.2) is 23.0 Å². The van der Waals surface area contributed by atoms with Gasteiger partial charge in [0.05, 0.1) is 10.9 Å². The summed E-state index contributed by atoms with van der Waals surface area (Å²) in [4.78, 5) is 19.1. The van der Waals surface area contributed by atoms with Crippen LogP contribution in [0, 0.1) is 5.82 Å². The lowest BCUT2D eigenvalue weighted by molar-refractivity contribution is 0.628. The number of nitrogens with one attached hydrogen (secondary N) is 1. The molecule has 88 valence electrons. The van der Waals surface area contributed by atoms with Gasteiger partial charge in [-0.15, -0.1) is 0 Å². The summed E-state index contributed by atoms with van der Waals surface area (Å²) >= 11 is 0. The van der Waals surface area contributed by atoms with Crippen LogP contribution in [0.5, 0.6) is 0 Å². The highest BCUT2D eigenvalue weighted by atomic mass is 19.1. The zero-order valence-corrected chi connectivity index (χ0v) is 9.37. The van der Waals surface area contributed by atoms with Crippen LogP contribution >= 0.6 is 0 Å². The summed E-state index contributed by atoms with van der Waals surface area (Å²) in [5, 5.41) is 0.452. The molecule has 1 aromatic heterocycles. The molecule has 0 bridgehead atoms. The third kappa shape index (κ3) is 1.84. The van der Waals surface area contributed by atoms with E-state index in [4.69, 9.17) is 0 Å². The lowest BCUT2D eigenvalue weighted by atomic mass is 10.1. The summed E-state index contributed by atoms with van der Waals surface area (Å²) in [5.41, 5.74) is 0.285. The third-order valence-electron chi connectivity index (χ3n) is 3.43. The molecule has 4 heteroatoms. The van der Waals surface area contributed by atoms with Crippen molar-refractivity contribution in [2.75, 3.05) is 0 Å². The predicted molar refractivity (Wildman–Crippen MR) is 63.5 cm³/mol. The van der Waals surface area contributed by atoms with E-state index in [1.807, 2.05) is 0 Å². The topological polar surface area (TPSA) is 45.8 Å². The zero-order valence-electron chi connectivity index (χ0n) is 9.37. The minimum atomic E-state index is -0.354. The van der Waals surface area contributed by atoms with Crippen LogP contribution in [0.2, 0.25) is 0 Å². The summed E-state index contributed by atoms with van der Waals surface area (Å²) in [6.07, 6.45) is 4.47. The molecule has 0 atom stereocenters. The molecule has 0 aliphatic heterocycles. The van der Waals surface area contributed by atoms with Gasteiger partial charge < -0.3 is 4.98 Å². The first-order valence-electron chi connectivity index (χ1n) is 5.93. The Kier molecular flexibility index (Phi) is 2.42. The van der Waals surface area contributed by atoms with E-state index in [-0.39, 0.29) is 11.4 Å². The van der Waals surface area contributed by atoms with E-state index in [1.54, 1.807) is 0 Å². The maximum Gasteiger partial charge on any atom is 0.258 e. The van der Waals surface area contributed by atoms with Crippen molar-refractivity contribution in [1.82, 2.24) is 9.97 Å². The summed E-state index contributed by atoms with van der Waals surface area (Å²) < 4.78 is 13.1. The van der Waals surface area contributed by atoms with E-state index < -0.39 is 0 Å². The summed E-state index contributed by atoms with van der Waals surface area (Å²) in [7, 11) is 0. The average molecular weight is 232 g/mol. The Morgan fingerprint density at radius 3 is 2.82 bits per heavy atom. The maximum atomic E-state index is 13.1. The van der Waals surface area contributed by atoms with Gasteiger partial charge in [0.1, 0.15) is 11.6 Å². The molecule has 0 amide bonds. The number of H-pyrrole nitrogens is 1. The Hall–Kier alpha value is -1.71. The molecule has 1 aliphatic rings. The molecule has 0 saturated heterocycles. The van der Waals surface area contributed by atoms with Gasteiger partial charge in [0, 0.05) is 12.0 Å². The molecular formula is C13H13FN2O. The van der Waals surface area contributed by atoms with E-state index in [0.29, 0.717) is 22.6 Å². The fraction of sp³-hybridized carbons (Fsp3) is 0.385. The summed E-state index contributed by atoms with van der Waals surface area (Å²) in [5.74, 6) is 0.689. The van der Waals surface area contributed by atoms with Crippen LogP contribution in [0.4, 0.5) is 4.39 Å². The second-order valence-electron chi connectivity index (χ2n) is 4.59. The van der Waals surface area contributed by atoms with E-state index in [2.05, 4.69) is 9.97 Å². The number of nitrogens with zero attached hydrogens (tertiary/aromatic N) is 1. The Labute approximate surface area is 97.7 Å². The van der Waals surface area contributed by atoms with E-state index in [1.165, 1.54) is 31.0 Å². The number of aromatic amines is 1. The van der Waals surface area contributed by atoms with Crippen molar-refractivity contribution in [1.29, 1.82) is 0 Å². The molecule has 3 rings (SSSR count). The molecule has 0 unspecified atom stereocenters. The van der Waals surface area contributed by atoms with Gasteiger partial charge in [-0.3, -0.25) is 4.79 Å². The second kappa shape index (κ2) is 3.95. The first kappa shape index (κ1) is 10.4. The second-order valence-corrected chi connectivity index (χ2v) is 4.59. The number of hydrogen-bond acceptors (Lipinski definition) is 2. The van der Waals surface area contributed by atoms with Crippen LogP contribution < -0.4 is 5.56 Å². The standard InChI is InChI=1S/C13H13FN2O/c14-9-5-6-10-11(7-9)15-12(16-13(10)17)8-3-1-2-4-8/h5-8H,1-4H2,(H,15,16,17). The molecule has 1 fully saturated rings. The molecule has 1 N–H and O–H groups in total. The summed E-state index contributed by atoms with van der Waals surface area (Å²) in [6.45, 7) is 0. The molecule has 1 saturated carbocycles. The molecule has 0 radical (unpaired) electrons. The quantitative estimate of drug-likeness (QED) is 0.821. The van der Waals surface area contributed by atoms with Gasteiger partial charge in [-0.05, 0) is 25.0 Å². The third-order valence-corrected chi connectivity index (χ3v) is 3.43. The molecule has 3 nitrogen and oxygen atoms in total. The van der Waals surface area contributed by atoms with Crippen molar-refractivity contribution < 1.29 is 4.39 Å². The average Bonchev–Trinajstić information content (AvgIpc) is 2.81. The van der Waals surface area contributed by atoms with Gasteiger partial charge in [-0.2, -0.15) is 0 Å². The van der Waals surface area contributed by atoms with Crippen molar-refractivity contribution in [3.63, 3.8) is 0 Å².